The first kappa shape index (κ1) is 15.4. The van der Waals surface area contributed by atoms with Gasteiger partial charge in [0, 0.05) is 19.0 Å². The second-order valence-electron chi connectivity index (χ2n) is 6.87. The van der Waals surface area contributed by atoms with Gasteiger partial charge in [-0.1, -0.05) is 24.3 Å². The minimum absolute atomic E-state index is 0.135. The zero-order valence-electron chi connectivity index (χ0n) is 14.3. The van der Waals surface area contributed by atoms with E-state index in [1.165, 1.54) is 5.52 Å². The van der Waals surface area contributed by atoms with E-state index in [2.05, 4.69) is 46.7 Å². The Bertz CT molecular complexity index is 776. The summed E-state index contributed by atoms with van der Waals surface area (Å²) in [6.45, 7) is 3.92. The Morgan fingerprint density at radius 3 is 2.92 bits per heavy atom. The average Bonchev–Trinajstić information content (AvgIpc) is 3.25. The Labute approximate surface area is 143 Å². The van der Waals surface area contributed by atoms with Gasteiger partial charge in [-0.25, -0.2) is 4.98 Å². The topological polar surface area (TPSA) is 38.1 Å². The zero-order chi connectivity index (χ0) is 16.5. The number of aromatic nitrogens is 2. The smallest absolute Gasteiger partial charge is 0.226 e. The molecule has 1 amide bonds. The highest BCUT2D eigenvalue weighted by Gasteiger charge is 2.36. The number of nitrogens with zero attached hydrogens (tertiary/aromatic N) is 3. The molecule has 24 heavy (non-hydrogen) atoms. The normalized spacial score (nSPS) is 24.0. The van der Waals surface area contributed by atoms with Crippen molar-refractivity contribution in [3.8, 4) is 0 Å². The molecule has 1 aromatic carbocycles. The summed E-state index contributed by atoms with van der Waals surface area (Å²) in [4.78, 5) is 20.1. The molecule has 0 N–H and O–H groups in total. The van der Waals surface area contributed by atoms with Gasteiger partial charge in [-0.05, 0) is 51.2 Å². The van der Waals surface area contributed by atoms with Crippen LogP contribution in [0.25, 0.3) is 11.0 Å². The first-order valence-corrected chi connectivity index (χ1v) is 9.20. The van der Waals surface area contributed by atoms with E-state index in [4.69, 9.17) is 4.98 Å². The minimum Gasteiger partial charge on any atom is -0.332 e. The summed E-state index contributed by atoms with van der Waals surface area (Å²) < 4.78 is 2.28. The van der Waals surface area contributed by atoms with E-state index in [1.807, 2.05) is 6.07 Å². The summed E-state index contributed by atoms with van der Waals surface area (Å²) in [7, 11) is 0. The standard InChI is InChI=1S/C20H25N3O/c1-2-22-17-12-7-6-11-16(17)21-19(22)18-13-8-14-23(18)20(24)15-9-4-3-5-10-15/h3-4,6-7,11-12,15,18H,2,5,8-10,13-14H2,1H3/t15-,18+/m1/s1. The van der Waals surface area contributed by atoms with Crippen molar-refractivity contribution >= 4 is 16.9 Å². The van der Waals surface area contributed by atoms with E-state index < -0.39 is 0 Å². The van der Waals surface area contributed by atoms with Crippen LogP contribution >= 0.6 is 0 Å². The van der Waals surface area contributed by atoms with Crippen molar-refractivity contribution < 1.29 is 4.79 Å². The number of aryl methyl sites for hydroxylation is 1. The molecular formula is C20H25N3O. The van der Waals surface area contributed by atoms with E-state index in [-0.39, 0.29) is 12.0 Å². The number of amides is 1. The molecule has 1 aromatic heterocycles. The molecule has 4 heteroatoms. The lowest BCUT2D eigenvalue weighted by atomic mass is 9.93. The third-order valence-corrected chi connectivity index (χ3v) is 5.45. The lowest BCUT2D eigenvalue weighted by molar-refractivity contribution is -0.136. The number of fused-ring (bicyclic) bond motifs is 1. The summed E-state index contributed by atoms with van der Waals surface area (Å²) in [5, 5.41) is 0. The second-order valence-corrected chi connectivity index (χ2v) is 6.87. The van der Waals surface area contributed by atoms with Gasteiger partial charge in [-0.15, -0.1) is 0 Å². The Morgan fingerprint density at radius 2 is 2.12 bits per heavy atom. The Balaban J connectivity index is 1.67. The number of allylic oxidation sites excluding steroid dienone is 2. The zero-order valence-corrected chi connectivity index (χ0v) is 14.3. The fraction of sp³-hybridized carbons (Fsp3) is 0.500. The highest BCUT2D eigenvalue weighted by Crippen LogP contribution is 2.35. The van der Waals surface area contributed by atoms with Crippen LogP contribution in [0.1, 0.15) is 50.9 Å². The lowest BCUT2D eigenvalue weighted by Crippen LogP contribution is -2.37. The van der Waals surface area contributed by atoms with E-state index in [9.17, 15) is 4.79 Å². The monoisotopic (exact) mass is 323 g/mol. The summed E-state index contributed by atoms with van der Waals surface area (Å²) >= 11 is 0. The van der Waals surface area contributed by atoms with Crippen LogP contribution in [-0.2, 0) is 11.3 Å². The van der Waals surface area contributed by atoms with Gasteiger partial charge in [0.15, 0.2) is 0 Å². The molecule has 0 bridgehead atoms. The van der Waals surface area contributed by atoms with Gasteiger partial charge in [0.05, 0.1) is 17.1 Å². The Morgan fingerprint density at radius 1 is 1.25 bits per heavy atom. The minimum atomic E-state index is 0.135. The average molecular weight is 323 g/mol. The quantitative estimate of drug-likeness (QED) is 0.798. The molecule has 4 nitrogen and oxygen atoms in total. The van der Waals surface area contributed by atoms with E-state index in [1.54, 1.807) is 0 Å². The summed E-state index contributed by atoms with van der Waals surface area (Å²) in [6, 6.07) is 8.42. The maximum absolute atomic E-state index is 13.1. The van der Waals surface area contributed by atoms with Crippen molar-refractivity contribution in [2.45, 2.75) is 51.6 Å². The molecule has 1 saturated heterocycles. The van der Waals surface area contributed by atoms with Gasteiger partial charge in [-0.2, -0.15) is 0 Å². The van der Waals surface area contributed by atoms with Crippen LogP contribution < -0.4 is 0 Å². The fourth-order valence-corrected chi connectivity index (χ4v) is 4.23. The van der Waals surface area contributed by atoms with Crippen LogP contribution in [0.4, 0.5) is 0 Å². The molecule has 0 radical (unpaired) electrons. The van der Waals surface area contributed by atoms with E-state index in [0.717, 1.165) is 56.5 Å². The van der Waals surface area contributed by atoms with Crippen LogP contribution in [0.15, 0.2) is 36.4 Å². The molecule has 2 aliphatic rings. The summed E-state index contributed by atoms with van der Waals surface area (Å²) in [6.07, 6.45) is 9.38. The van der Waals surface area contributed by atoms with Crippen molar-refractivity contribution in [3.63, 3.8) is 0 Å². The number of hydrogen-bond donors (Lipinski definition) is 0. The molecule has 126 valence electrons. The largest absolute Gasteiger partial charge is 0.332 e. The second kappa shape index (κ2) is 6.42. The van der Waals surface area contributed by atoms with Gasteiger partial charge < -0.3 is 9.47 Å². The Hall–Kier alpha value is -2.10. The van der Waals surface area contributed by atoms with Crippen molar-refractivity contribution in [1.29, 1.82) is 0 Å². The van der Waals surface area contributed by atoms with Crippen LogP contribution in [0.5, 0.6) is 0 Å². The van der Waals surface area contributed by atoms with Crippen LogP contribution in [0.2, 0.25) is 0 Å². The molecular weight excluding hydrogens is 298 g/mol. The van der Waals surface area contributed by atoms with Crippen LogP contribution in [-0.4, -0.2) is 26.9 Å². The number of para-hydroxylation sites is 2. The predicted molar refractivity (Wildman–Crippen MR) is 95.6 cm³/mol. The maximum atomic E-state index is 13.1. The SMILES string of the molecule is CCn1c([C@@H]2CCCN2C(=O)[C@@H]2CC=CCC2)nc2ccccc21. The summed E-state index contributed by atoms with van der Waals surface area (Å²) in [5.41, 5.74) is 2.21. The molecule has 1 aliphatic heterocycles. The molecule has 2 heterocycles. The molecule has 1 aliphatic carbocycles. The lowest BCUT2D eigenvalue weighted by Gasteiger charge is -2.29. The fourth-order valence-electron chi connectivity index (χ4n) is 4.23. The van der Waals surface area contributed by atoms with E-state index in [0.29, 0.717) is 5.91 Å². The number of carbonyl (C=O) groups excluding carboxylic acids is 1. The van der Waals surface area contributed by atoms with Gasteiger partial charge in [-0.3, -0.25) is 4.79 Å². The molecule has 0 spiro atoms. The van der Waals surface area contributed by atoms with Gasteiger partial charge in [0.1, 0.15) is 5.82 Å². The van der Waals surface area contributed by atoms with Gasteiger partial charge >= 0.3 is 0 Å². The van der Waals surface area contributed by atoms with Gasteiger partial charge in [0.2, 0.25) is 5.91 Å². The molecule has 1 fully saturated rings. The predicted octanol–water partition coefficient (Wildman–Crippen LogP) is 4.08. The van der Waals surface area contributed by atoms with Crippen molar-refractivity contribution in [1.82, 2.24) is 14.5 Å². The van der Waals surface area contributed by atoms with E-state index >= 15 is 0 Å². The van der Waals surface area contributed by atoms with Crippen molar-refractivity contribution in [2.75, 3.05) is 6.54 Å². The third-order valence-electron chi connectivity index (χ3n) is 5.45. The maximum Gasteiger partial charge on any atom is 0.226 e. The first-order valence-electron chi connectivity index (χ1n) is 9.20. The summed E-state index contributed by atoms with van der Waals surface area (Å²) in [5.74, 6) is 1.56. The molecule has 2 aromatic rings. The number of hydrogen-bond acceptors (Lipinski definition) is 2. The molecule has 0 unspecified atom stereocenters. The number of rotatable bonds is 3. The highest BCUT2D eigenvalue weighted by atomic mass is 16.2. The number of imidazole rings is 1. The van der Waals surface area contributed by atoms with Crippen LogP contribution in [0.3, 0.4) is 0 Å². The van der Waals surface area contributed by atoms with Crippen molar-refractivity contribution in [3.05, 3.63) is 42.2 Å². The van der Waals surface area contributed by atoms with Gasteiger partial charge in [0.25, 0.3) is 0 Å². The Kier molecular flexibility index (Phi) is 4.13. The first-order chi connectivity index (χ1) is 11.8. The number of likely N-dealkylation sites (tertiary alicyclic amines) is 1. The molecule has 2 atom stereocenters. The molecule has 4 rings (SSSR count). The third kappa shape index (κ3) is 2.54. The highest BCUT2D eigenvalue weighted by molar-refractivity contribution is 5.80. The molecule has 0 saturated carbocycles. The van der Waals surface area contributed by atoms with Crippen LogP contribution in [0, 0.1) is 5.92 Å². The van der Waals surface area contributed by atoms with Crippen molar-refractivity contribution in [2.24, 2.45) is 5.92 Å². The number of carbonyl (C=O) groups is 1. The number of benzene rings is 1.